The Labute approximate surface area is 106 Å². The number of nitrogens with zero attached hydrogens (tertiary/aromatic N) is 1. The number of nitriles is 1. The van der Waals surface area contributed by atoms with Crippen molar-refractivity contribution in [2.45, 2.75) is 13.1 Å². The van der Waals surface area contributed by atoms with Gasteiger partial charge in [-0.1, -0.05) is 6.07 Å². The first-order valence-corrected chi connectivity index (χ1v) is 5.60. The number of alkyl halides is 3. The highest BCUT2D eigenvalue weighted by Crippen LogP contribution is 2.28. The Morgan fingerprint density at radius 2 is 2.12 bits per heavy atom. The van der Waals surface area contributed by atoms with Crippen LogP contribution in [-0.2, 0) is 0 Å². The molecule has 2 nitrogen and oxygen atoms in total. The molecular weight excluding hydrogens is 297 g/mol. The molecule has 92 valence electrons. The number of nitrogens with one attached hydrogen (secondary N) is 1. The molecule has 0 aliphatic rings. The summed E-state index contributed by atoms with van der Waals surface area (Å²) >= 11 is 3.24. The van der Waals surface area contributed by atoms with Crippen molar-refractivity contribution in [2.24, 2.45) is 5.92 Å². The number of hydrogen-bond donors (Lipinski definition) is 1. The van der Waals surface area contributed by atoms with Gasteiger partial charge in [0.2, 0.25) is 0 Å². The molecule has 0 saturated carbocycles. The number of hydrogen-bond acceptors (Lipinski definition) is 2. The van der Waals surface area contributed by atoms with Gasteiger partial charge in [-0.2, -0.15) is 18.4 Å². The van der Waals surface area contributed by atoms with Gasteiger partial charge in [-0.15, -0.1) is 0 Å². The number of aryl methyl sites for hydroxylation is 1. The number of rotatable bonds is 3. The third-order valence-electron chi connectivity index (χ3n) is 2.17. The molecule has 0 fully saturated rings. The van der Waals surface area contributed by atoms with E-state index in [2.05, 4.69) is 21.2 Å². The minimum Gasteiger partial charge on any atom is -0.382 e. The topological polar surface area (TPSA) is 35.8 Å². The molecule has 1 unspecified atom stereocenters. The quantitative estimate of drug-likeness (QED) is 0.920. The summed E-state index contributed by atoms with van der Waals surface area (Å²) in [5.74, 6) is -2.00. The van der Waals surface area contributed by atoms with E-state index in [1.807, 2.05) is 6.92 Å². The standard InChI is InChI=1S/C11H10BrF3N2/c1-7-2-3-10(9(12)4-7)17-6-8(5-16)11(13,14)15/h2-4,8,17H,6H2,1H3. The van der Waals surface area contributed by atoms with E-state index in [1.54, 1.807) is 18.2 Å². The highest BCUT2D eigenvalue weighted by Gasteiger charge is 2.39. The zero-order valence-electron chi connectivity index (χ0n) is 8.98. The van der Waals surface area contributed by atoms with Crippen molar-refractivity contribution in [2.75, 3.05) is 11.9 Å². The lowest BCUT2D eigenvalue weighted by Crippen LogP contribution is -2.28. The molecule has 0 saturated heterocycles. The normalized spacial score (nSPS) is 12.9. The predicted molar refractivity (Wildman–Crippen MR) is 62.5 cm³/mol. The number of benzene rings is 1. The largest absolute Gasteiger partial charge is 0.406 e. The SMILES string of the molecule is Cc1ccc(NCC(C#N)C(F)(F)F)c(Br)c1. The van der Waals surface area contributed by atoms with Gasteiger partial charge in [-0.3, -0.25) is 0 Å². The molecule has 17 heavy (non-hydrogen) atoms. The first-order chi connectivity index (χ1) is 7.84. The van der Waals surface area contributed by atoms with Crippen LogP contribution in [0, 0.1) is 24.2 Å². The Kier molecular flexibility index (Phi) is 4.40. The third-order valence-corrected chi connectivity index (χ3v) is 2.83. The Balaban J connectivity index is 2.71. The van der Waals surface area contributed by atoms with Crippen LogP contribution < -0.4 is 5.32 Å². The van der Waals surface area contributed by atoms with Crippen LogP contribution in [0.3, 0.4) is 0 Å². The van der Waals surface area contributed by atoms with Crippen molar-refractivity contribution in [3.63, 3.8) is 0 Å². The summed E-state index contributed by atoms with van der Waals surface area (Å²) in [6.45, 7) is 1.42. The molecule has 1 aromatic carbocycles. The fourth-order valence-electron chi connectivity index (χ4n) is 1.21. The molecule has 0 spiro atoms. The van der Waals surface area contributed by atoms with E-state index in [9.17, 15) is 13.2 Å². The molecule has 6 heteroatoms. The van der Waals surface area contributed by atoms with Crippen molar-refractivity contribution in [3.05, 3.63) is 28.2 Å². The average molecular weight is 307 g/mol. The van der Waals surface area contributed by atoms with Crippen LogP contribution >= 0.6 is 15.9 Å². The summed E-state index contributed by atoms with van der Waals surface area (Å²) in [6.07, 6.45) is -4.50. The summed E-state index contributed by atoms with van der Waals surface area (Å²) in [7, 11) is 0. The maximum absolute atomic E-state index is 12.3. The van der Waals surface area contributed by atoms with Crippen LogP contribution in [0.25, 0.3) is 0 Å². The van der Waals surface area contributed by atoms with Gasteiger partial charge < -0.3 is 5.32 Å². The summed E-state index contributed by atoms with van der Waals surface area (Å²) in [4.78, 5) is 0. The van der Waals surface area contributed by atoms with Gasteiger partial charge in [-0.25, -0.2) is 0 Å². The minimum atomic E-state index is -4.50. The zero-order chi connectivity index (χ0) is 13.1. The molecule has 0 heterocycles. The van der Waals surface area contributed by atoms with Crippen LogP contribution in [0.5, 0.6) is 0 Å². The number of halogens is 4. The molecule has 0 bridgehead atoms. The summed E-state index contributed by atoms with van der Waals surface area (Å²) in [5.41, 5.74) is 1.54. The molecule has 0 amide bonds. The second-order valence-corrected chi connectivity index (χ2v) is 4.44. The van der Waals surface area contributed by atoms with Gasteiger partial charge in [0.25, 0.3) is 0 Å². The first-order valence-electron chi connectivity index (χ1n) is 4.81. The molecular formula is C11H10BrF3N2. The molecule has 0 radical (unpaired) electrons. The van der Waals surface area contributed by atoms with Crippen molar-refractivity contribution >= 4 is 21.6 Å². The van der Waals surface area contributed by atoms with E-state index < -0.39 is 18.6 Å². The van der Waals surface area contributed by atoms with Gasteiger partial charge >= 0.3 is 6.18 Å². The van der Waals surface area contributed by atoms with E-state index in [4.69, 9.17) is 5.26 Å². The van der Waals surface area contributed by atoms with E-state index in [0.29, 0.717) is 10.2 Å². The number of anilines is 1. The summed E-state index contributed by atoms with van der Waals surface area (Å²) < 4.78 is 37.6. The smallest absolute Gasteiger partial charge is 0.382 e. The summed E-state index contributed by atoms with van der Waals surface area (Å²) in [6, 6.07) is 6.48. The maximum atomic E-state index is 12.3. The van der Waals surface area contributed by atoms with Gasteiger partial charge in [0, 0.05) is 16.7 Å². The molecule has 1 N–H and O–H groups in total. The van der Waals surface area contributed by atoms with Crippen molar-refractivity contribution in [1.29, 1.82) is 5.26 Å². The van der Waals surface area contributed by atoms with Gasteiger partial charge in [0.1, 0.15) is 0 Å². The highest BCUT2D eigenvalue weighted by molar-refractivity contribution is 9.10. The average Bonchev–Trinajstić information content (AvgIpc) is 2.19. The molecule has 0 aliphatic heterocycles. The molecule has 1 aromatic rings. The Bertz CT molecular complexity index is 437. The van der Waals surface area contributed by atoms with E-state index in [0.717, 1.165) is 5.56 Å². The molecule has 0 aromatic heterocycles. The second-order valence-electron chi connectivity index (χ2n) is 3.59. The van der Waals surface area contributed by atoms with E-state index in [1.165, 1.54) is 6.07 Å². The Morgan fingerprint density at radius 1 is 1.47 bits per heavy atom. The van der Waals surface area contributed by atoms with Crippen molar-refractivity contribution in [1.82, 2.24) is 0 Å². The lowest BCUT2D eigenvalue weighted by Gasteiger charge is -2.15. The van der Waals surface area contributed by atoms with Crippen molar-refractivity contribution < 1.29 is 13.2 Å². The van der Waals surface area contributed by atoms with E-state index >= 15 is 0 Å². The monoisotopic (exact) mass is 306 g/mol. The van der Waals surface area contributed by atoms with Crippen LogP contribution in [0.4, 0.5) is 18.9 Å². The van der Waals surface area contributed by atoms with Gasteiger partial charge in [-0.05, 0) is 40.5 Å². The van der Waals surface area contributed by atoms with Crippen molar-refractivity contribution in [3.8, 4) is 6.07 Å². The van der Waals surface area contributed by atoms with Crippen LogP contribution in [0.15, 0.2) is 22.7 Å². The van der Waals surface area contributed by atoms with Crippen LogP contribution in [0.1, 0.15) is 5.56 Å². The lowest BCUT2D eigenvalue weighted by atomic mass is 10.1. The van der Waals surface area contributed by atoms with E-state index in [-0.39, 0.29) is 0 Å². The minimum absolute atomic E-state index is 0.457. The fraction of sp³-hybridized carbons (Fsp3) is 0.364. The lowest BCUT2D eigenvalue weighted by molar-refractivity contribution is -0.155. The Hall–Kier alpha value is -1.22. The predicted octanol–water partition coefficient (Wildman–Crippen LogP) is 3.87. The van der Waals surface area contributed by atoms with Gasteiger partial charge in [0.15, 0.2) is 5.92 Å². The zero-order valence-corrected chi connectivity index (χ0v) is 10.6. The molecule has 0 aliphatic carbocycles. The Morgan fingerprint density at radius 3 is 2.59 bits per heavy atom. The van der Waals surface area contributed by atoms with Crippen LogP contribution in [0.2, 0.25) is 0 Å². The summed E-state index contributed by atoms with van der Waals surface area (Å²) in [5, 5.41) is 11.0. The molecule has 1 rings (SSSR count). The molecule has 1 atom stereocenters. The van der Waals surface area contributed by atoms with Crippen LogP contribution in [-0.4, -0.2) is 12.7 Å². The maximum Gasteiger partial charge on any atom is 0.406 e. The van der Waals surface area contributed by atoms with Gasteiger partial charge in [0.05, 0.1) is 6.07 Å². The third kappa shape index (κ3) is 3.93. The first kappa shape index (κ1) is 13.8. The second kappa shape index (κ2) is 5.41. The fourth-order valence-corrected chi connectivity index (χ4v) is 1.84. The highest BCUT2D eigenvalue weighted by atomic mass is 79.9.